The quantitative estimate of drug-likeness (QED) is 0.710. The Kier molecular flexibility index (Phi) is 2.82. The molecule has 0 amide bonds. The van der Waals surface area contributed by atoms with Gasteiger partial charge in [-0.15, -0.1) is 0 Å². The molecule has 1 heterocycles. The first-order chi connectivity index (χ1) is 5.86. The average Bonchev–Trinajstić information content (AvgIpc) is 2.33. The topological polar surface area (TPSA) is 46.5 Å². The van der Waals surface area contributed by atoms with Crippen LogP contribution in [0.15, 0.2) is 0 Å². The molecule has 0 saturated carbocycles. The highest BCUT2D eigenvalue weighted by Crippen LogP contribution is 2.37. The van der Waals surface area contributed by atoms with Crippen molar-refractivity contribution in [2.75, 3.05) is 13.2 Å². The third-order valence-corrected chi connectivity index (χ3v) is 4.16. The lowest BCUT2D eigenvalue weighted by molar-refractivity contribution is -0.147. The van der Waals surface area contributed by atoms with E-state index in [0.717, 1.165) is 6.04 Å². The molecule has 1 rings (SSSR count). The molecule has 1 aliphatic heterocycles. The third kappa shape index (κ3) is 2.54. The highest BCUT2D eigenvalue weighted by Gasteiger charge is 2.45. The lowest BCUT2D eigenvalue weighted by Gasteiger charge is -2.29. The summed E-state index contributed by atoms with van der Waals surface area (Å²) in [5.41, 5.74) is -0.565. The van der Waals surface area contributed by atoms with Crippen molar-refractivity contribution in [3.63, 3.8) is 0 Å². The van der Waals surface area contributed by atoms with Crippen molar-refractivity contribution >= 4 is 14.0 Å². The summed E-state index contributed by atoms with van der Waals surface area (Å²) in [6, 6.07) is 0.829. The Morgan fingerprint density at radius 1 is 1.54 bits per heavy atom. The van der Waals surface area contributed by atoms with Gasteiger partial charge in [-0.3, -0.25) is 4.79 Å². The molecule has 1 fully saturated rings. The maximum atomic E-state index is 11.1. The van der Waals surface area contributed by atoms with Crippen LogP contribution in [-0.4, -0.2) is 32.4 Å². The van der Waals surface area contributed by atoms with Crippen LogP contribution in [0, 0.1) is 5.41 Å². The molecule has 0 aromatic heterocycles. The molecule has 1 aliphatic rings. The molecule has 0 bridgehead atoms. The van der Waals surface area contributed by atoms with E-state index in [2.05, 4.69) is 19.6 Å². The largest absolute Gasteiger partial charge is 0.481 e. The first-order valence-corrected chi connectivity index (χ1v) is 8.38. The third-order valence-electron chi connectivity index (χ3n) is 2.43. The molecule has 0 aliphatic carbocycles. The van der Waals surface area contributed by atoms with Crippen LogP contribution < -0.4 is 0 Å². The molecule has 0 aromatic carbocycles. The fourth-order valence-corrected chi connectivity index (χ4v) is 4.47. The molecule has 1 unspecified atom stereocenters. The van der Waals surface area contributed by atoms with Gasteiger partial charge in [-0.05, 0) is 12.5 Å². The van der Waals surface area contributed by atoms with Crippen molar-refractivity contribution < 1.29 is 14.6 Å². The van der Waals surface area contributed by atoms with E-state index < -0.39 is 19.5 Å². The highest BCUT2D eigenvalue weighted by molar-refractivity contribution is 6.76. The number of rotatable bonds is 3. The lowest BCUT2D eigenvalue weighted by Crippen LogP contribution is -2.39. The summed E-state index contributed by atoms with van der Waals surface area (Å²) in [6.45, 7) is 7.63. The van der Waals surface area contributed by atoms with Crippen LogP contribution in [0.5, 0.6) is 0 Å². The first-order valence-electron chi connectivity index (χ1n) is 4.67. The number of carbonyl (C=O) groups is 1. The van der Waals surface area contributed by atoms with Crippen molar-refractivity contribution in [3.8, 4) is 0 Å². The van der Waals surface area contributed by atoms with Gasteiger partial charge < -0.3 is 9.84 Å². The molecule has 76 valence electrons. The van der Waals surface area contributed by atoms with Gasteiger partial charge in [0.1, 0.15) is 0 Å². The fraction of sp³-hybridized carbons (Fsp3) is 0.889. The highest BCUT2D eigenvalue weighted by atomic mass is 28.3. The molecule has 0 radical (unpaired) electrons. The van der Waals surface area contributed by atoms with Crippen LogP contribution in [0.2, 0.25) is 25.7 Å². The molecule has 0 spiro atoms. The fourth-order valence-electron chi connectivity index (χ4n) is 2.01. The summed E-state index contributed by atoms with van der Waals surface area (Å²) in [5.74, 6) is -0.674. The second kappa shape index (κ2) is 3.42. The lowest BCUT2D eigenvalue weighted by atomic mass is 9.90. The Morgan fingerprint density at radius 3 is 2.46 bits per heavy atom. The Morgan fingerprint density at radius 2 is 2.15 bits per heavy atom. The second-order valence-corrected chi connectivity index (χ2v) is 10.6. The van der Waals surface area contributed by atoms with Gasteiger partial charge in [-0.2, -0.15) is 0 Å². The standard InChI is InChI=1S/C9H18O3Si/c1-13(2,3)7-9(8(10)11)4-5-12-6-9/h4-7H2,1-3H3,(H,10,11). The minimum atomic E-state index is -1.32. The molecular formula is C9H18O3Si. The van der Waals surface area contributed by atoms with E-state index in [9.17, 15) is 4.79 Å². The van der Waals surface area contributed by atoms with E-state index in [4.69, 9.17) is 9.84 Å². The zero-order chi connectivity index (χ0) is 10.1. The van der Waals surface area contributed by atoms with Gasteiger partial charge in [-0.1, -0.05) is 19.6 Å². The number of carboxylic acid groups (broad SMARTS) is 1. The second-order valence-electron chi connectivity index (χ2n) is 5.13. The Bertz CT molecular complexity index is 201. The van der Waals surface area contributed by atoms with Gasteiger partial charge >= 0.3 is 5.97 Å². The predicted octanol–water partition coefficient (Wildman–Crippen LogP) is 1.82. The van der Waals surface area contributed by atoms with Gasteiger partial charge in [0, 0.05) is 14.7 Å². The molecule has 0 aromatic rings. The molecule has 1 atom stereocenters. The Labute approximate surface area is 80.1 Å². The zero-order valence-corrected chi connectivity index (χ0v) is 9.59. The first kappa shape index (κ1) is 10.7. The van der Waals surface area contributed by atoms with E-state index in [0.29, 0.717) is 19.6 Å². The Hall–Kier alpha value is -0.353. The molecule has 3 nitrogen and oxygen atoms in total. The predicted molar refractivity (Wildman–Crippen MR) is 53.7 cm³/mol. The van der Waals surface area contributed by atoms with Crippen LogP contribution in [0.1, 0.15) is 6.42 Å². The van der Waals surface area contributed by atoms with Crippen LogP contribution in [0.4, 0.5) is 0 Å². The Balaban J connectivity index is 2.74. The summed E-state index contributed by atoms with van der Waals surface area (Å²) in [4.78, 5) is 11.1. The van der Waals surface area contributed by atoms with Crippen molar-refractivity contribution in [2.45, 2.75) is 32.1 Å². The summed E-state index contributed by atoms with van der Waals surface area (Å²) >= 11 is 0. The van der Waals surface area contributed by atoms with E-state index in [-0.39, 0.29) is 0 Å². The van der Waals surface area contributed by atoms with Crippen LogP contribution in [-0.2, 0) is 9.53 Å². The SMILES string of the molecule is C[Si](C)(C)CC1(C(=O)O)CCOC1. The van der Waals surface area contributed by atoms with E-state index in [1.54, 1.807) is 0 Å². The number of hydrogen-bond donors (Lipinski definition) is 1. The number of aliphatic carboxylic acids is 1. The van der Waals surface area contributed by atoms with Crippen molar-refractivity contribution in [3.05, 3.63) is 0 Å². The van der Waals surface area contributed by atoms with Crippen molar-refractivity contribution in [2.24, 2.45) is 5.41 Å². The maximum Gasteiger partial charge on any atom is 0.311 e. The van der Waals surface area contributed by atoms with E-state index in [1.165, 1.54) is 0 Å². The van der Waals surface area contributed by atoms with Gasteiger partial charge in [0.15, 0.2) is 0 Å². The van der Waals surface area contributed by atoms with Crippen molar-refractivity contribution in [1.29, 1.82) is 0 Å². The maximum absolute atomic E-state index is 11.1. The molecule has 4 heteroatoms. The normalized spacial score (nSPS) is 29.2. The van der Waals surface area contributed by atoms with Gasteiger partial charge in [-0.25, -0.2) is 0 Å². The number of ether oxygens (including phenoxy) is 1. The number of carboxylic acids is 1. The van der Waals surface area contributed by atoms with Crippen LogP contribution in [0.25, 0.3) is 0 Å². The molecule has 1 saturated heterocycles. The molecular weight excluding hydrogens is 184 g/mol. The minimum absolute atomic E-state index is 0.409. The van der Waals surface area contributed by atoms with E-state index >= 15 is 0 Å². The van der Waals surface area contributed by atoms with Crippen LogP contribution >= 0.6 is 0 Å². The van der Waals surface area contributed by atoms with E-state index in [1.807, 2.05) is 0 Å². The molecule has 13 heavy (non-hydrogen) atoms. The van der Waals surface area contributed by atoms with Crippen molar-refractivity contribution in [1.82, 2.24) is 0 Å². The monoisotopic (exact) mass is 202 g/mol. The van der Waals surface area contributed by atoms with Gasteiger partial charge in [0.2, 0.25) is 0 Å². The van der Waals surface area contributed by atoms with Gasteiger partial charge in [0.05, 0.1) is 12.0 Å². The smallest absolute Gasteiger partial charge is 0.311 e. The summed E-state index contributed by atoms with van der Waals surface area (Å²) in [7, 11) is -1.32. The summed E-state index contributed by atoms with van der Waals surface area (Å²) < 4.78 is 5.21. The van der Waals surface area contributed by atoms with Crippen LogP contribution in [0.3, 0.4) is 0 Å². The average molecular weight is 202 g/mol. The number of hydrogen-bond acceptors (Lipinski definition) is 2. The summed E-state index contributed by atoms with van der Waals surface area (Å²) in [5, 5.41) is 9.17. The molecule has 1 N–H and O–H groups in total. The summed E-state index contributed by atoms with van der Waals surface area (Å²) in [6.07, 6.45) is 0.687. The minimum Gasteiger partial charge on any atom is -0.481 e. The van der Waals surface area contributed by atoms with Gasteiger partial charge in [0.25, 0.3) is 0 Å². The zero-order valence-electron chi connectivity index (χ0n) is 8.59.